The highest BCUT2D eigenvalue weighted by Crippen LogP contribution is 2.31. The Morgan fingerprint density at radius 3 is 2.48 bits per heavy atom. The molecule has 0 aliphatic rings. The molecule has 0 bridgehead atoms. The summed E-state index contributed by atoms with van der Waals surface area (Å²) in [4.78, 5) is 4.11. The third-order valence-corrected chi connectivity index (χ3v) is 3.84. The van der Waals surface area contributed by atoms with Crippen LogP contribution in [0.3, 0.4) is 0 Å². The number of alkyl halides is 3. The van der Waals surface area contributed by atoms with Gasteiger partial charge >= 0.3 is 6.18 Å². The number of rotatable bonds is 4. The van der Waals surface area contributed by atoms with E-state index < -0.39 is 11.7 Å². The summed E-state index contributed by atoms with van der Waals surface area (Å²) in [6.45, 7) is 0.192. The van der Waals surface area contributed by atoms with Crippen LogP contribution < -0.4 is 4.74 Å². The van der Waals surface area contributed by atoms with Gasteiger partial charge in [0, 0.05) is 5.56 Å². The highest BCUT2D eigenvalue weighted by Gasteiger charge is 2.30. The van der Waals surface area contributed by atoms with Crippen molar-refractivity contribution in [2.45, 2.75) is 12.8 Å². The van der Waals surface area contributed by atoms with E-state index in [1.807, 2.05) is 24.3 Å². The first-order chi connectivity index (χ1) is 11.0. The first-order valence-electron chi connectivity index (χ1n) is 6.68. The minimum atomic E-state index is -4.37. The monoisotopic (exact) mass is 336 g/mol. The van der Waals surface area contributed by atoms with E-state index in [1.165, 1.54) is 30.0 Å². The van der Waals surface area contributed by atoms with E-state index in [2.05, 4.69) is 9.36 Å². The summed E-state index contributed by atoms with van der Waals surface area (Å²) in [7, 11) is 0. The maximum atomic E-state index is 12.6. The predicted molar refractivity (Wildman–Crippen MR) is 81.1 cm³/mol. The minimum absolute atomic E-state index is 0.188. The van der Waals surface area contributed by atoms with Gasteiger partial charge in [0.25, 0.3) is 0 Å². The topological polar surface area (TPSA) is 35.0 Å². The van der Waals surface area contributed by atoms with Crippen molar-refractivity contribution in [3.8, 4) is 16.3 Å². The fourth-order valence-electron chi connectivity index (χ4n) is 1.97. The molecule has 23 heavy (non-hydrogen) atoms. The van der Waals surface area contributed by atoms with Crippen molar-refractivity contribution in [3.63, 3.8) is 0 Å². The number of halogens is 3. The molecular formula is C16H11F3N2OS. The number of nitrogens with zero attached hydrogens (tertiary/aromatic N) is 2. The molecule has 0 unspecified atom stereocenters. The molecule has 0 spiro atoms. The molecule has 1 heterocycles. The summed E-state index contributed by atoms with van der Waals surface area (Å²) < 4.78 is 47.3. The molecule has 0 radical (unpaired) electrons. The van der Waals surface area contributed by atoms with Crippen LogP contribution in [0.5, 0.6) is 5.75 Å². The van der Waals surface area contributed by atoms with E-state index in [9.17, 15) is 13.2 Å². The molecule has 2 aromatic carbocycles. The molecule has 3 aromatic rings. The summed E-state index contributed by atoms with van der Waals surface area (Å²) >= 11 is 1.30. The van der Waals surface area contributed by atoms with Crippen molar-refractivity contribution >= 4 is 11.5 Å². The van der Waals surface area contributed by atoms with E-state index in [0.717, 1.165) is 28.3 Å². The van der Waals surface area contributed by atoms with Crippen molar-refractivity contribution in [2.75, 3.05) is 0 Å². The minimum Gasteiger partial charge on any atom is -0.489 e. The van der Waals surface area contributed by atoms with E-state index in [-0.39, 0.29) is 12.4 Å². The van der Waals surface area contributed by atoms with Gasteiger partial charge in [-0.15, -0.1) is 0 Å². The highest BCUT2D eigenvalue weighted by atomic mass is 32.1. The molecule has 0 N–H and O–H groups in total. The predicted octanol–water partition coefficient (Wildman–Crippen LogP) is 4.80. The van der Waals surface area contributed by atoms with Gasteiger partial charge in [0.1, 0.15) is 23.7 Å². The molecule has 0 amide bonds. The van der Waals surface area contributed by atoms with Crippen LogP contribution in [0.2, 0.25) is 0 Å². The van der Waals surface area contributed by atoms with Gasteiger partial charge in [-0.05, 0) is 35.3 Å². The molecule has 0 aliphatic heterocycles. The quantitative estimate of drug-likeness (QED) is 0.686. The van der Waals surface area contributed by atoms with Crippen molar-refractivity contribution in [3.05, 3.63) is 66.0 Å². The van der Waals surface area contributed by atoms with Crippen LogP contribution in [0.15, 0.2) is 54.9 Å². The Labute approximate surface area is 134 Å². The zero-order chi connectivity index (χ0) is 16.3. The molecular weight excluding hydrogens is 325 g/mol. The Morgan fingerprint density at radius 1 is 1.04 bits per heavy atom. The summed E-state index contributed by atoms with van der Waals surface area (Å²) in [5.41, 5.74) is 1.08. The van der Waals surface area contributed by atoms with Crippen molar-refractivity contribution in [1.82, 2.24) is 9.36 Å². The second-order valence-corrected chi connectivity index (χ2v) is 5.54. The third-order valence-electron chi connectivity index (χ3n) is 3.13. The molecule has 3 nitrogen and oxygen atoms in total. The largest absolute Gasteiger partial charge is 0.489 e. The molecule has 118 valence electrons. The van der Waals surface area contributed by atoms with Crippen LogP contribution in [0.4, 0.5) is 13.2 Å². The van der Waals surface area contributed by atoms with Gasteiger partial charge in [0.15, 0.2) is 0 Å². The molecule has 0 atom stereocenters. The molecule has 0 fully saturated rings. The molecule has 0 saturated heterocycles. The van der Waals surface area contributed by atoms with Crippen LogP contribution in [0.1, 0.15) is 11.1 Å². The second-order valence-electron chi connectivity index (χ2n) is 4.76. The Balaban J connectivity index is 1.67. The van der Waals surface area contributed by atoms with Crippen molar-refractivity contribution < 1.29 is 17.9 Å². The lowest BCUT2D eigenvalue weighted by molar-refractivity contribution is -0.137. The van der Waals surface area contributed by atoms with Gasteiger partial charge in [0.05, 0.1) is 5.56 Å². The van der Waals surface area contributed by atoms with Gasteiger partial charge in [-0.1, -0.05) is 30.3 Å². The lowest BCUT2D eigenvalue weighted by atomic mass is 10.1. The molecule has 0 aliphatic carbocycles. The standard InChI is InChI=1S/C16H11F3N2OS/c17-16(18,19)13-2-1-3-14(8-13)22-9-11-4-6-12(7-5-11)15-20-10-21-23-15/h1-8,10H,9H2. The Bertz CT molecular complexity index is 771. The Morgan fingerprint density at radius 2 is 1.83 bits per heavy atom. The van der Waals surface area contributed by atoms with Crippen molar-refractivity contribution in [2.24, 2.45) is 0 Å². The number of aromatic nitrogens is 2. The van der Waals surface area contributed by atoms with E-state index in [0.29, 0.717) is 0 Å². The average molecular weight is 336 g/mol. The lowest BCUT2D eigenvalue weighted by Crippen LogP contribution is -2.05. The maximum Gasteiger partial charge on any atom is 0.416 e. The SMILES string of the molecule is FC(F)(F)c1cccc(OCc2ccc(-c3ncns3)cc2)c1. The van der Waals surface area contributed by atoms with E-state index in [4.69, 9.17) is 4.74 Å². The fourth-order valence-corrected chi connectivity index (χ4v) is 2.50. The number of benzene rings is 2. The first kappa shape index (κ1) is 15.5. The van der Waals surface area contributed by atoms with Gasteiger partial charge in [-0.2, -0.15) is 17.5 Å². The van der Waals surface area contributed by atoms with E-state index in [1.54, 1.807) is 0 Å². The normalized spacial score (nSPS) is 11.4. The molecule has 0 saturated carbocycles. The van der Waals surface area contributed by atoms with Gasteiger partial charge in [-0.3, -0.25) is 0 Å². The maximum absolute atomic E-state index is 12.6. The summed E-state index contributed by atoms with van der Waals surface area (Å²) in [6.07, 6.45) is -2.88. The second kappa shape index (κ2) is 6.37. The van der Waals surface area contributed by atoms with Crippen LogP contribution >= 0.6 is 11.5 Å². The average Bonchev–Trinajstić information content (AvgIpc) is 3.07. The number of hydrogen-bond acceptors (Lipinski definition) is 4. The fraction of sp³-hybridized carbons (Fsp3) is 0.125. The summed E-state index contributed by atoms with van der Waals surface area (Å²) in [6, 6.07) is 12.3. The lowest BCUT2D eigenvalue weighted by Gasteiger charge is -2.10. The zero-order valence-corrected chi connectivity index (χ0v) is 12.6. The van der Waals surface area contributed by atoms with Crippen LogP contribution in [-0.4, -0.2) is 9.36 Å². The van der Waals surface area contributed by atoms with E-state index >= 15 is 0 Å². The van der Waals surface area contributed by atoms with Gasteiger partial charge < -0.3 is 4.74 Å². The van der Waals surface area contributed by atoms with Gasteiger partial charge in [-0.25, -0.2) is 4.98 Å². The molecule has 3 rings (SSSR count). The highest BCUT2D eigenvalue weighted by molar-refractivity contribution is 7.09. The van der Waals surface area contributed by atoms with Gasteiger partial charge in [0.2, 0.25) is 0 Å². The Hall–Kier alpha value is -2.41. The molecule has 1 aromatic heterocycles. The van der Waals surface area contributed by atoms with Crippen LogP contribution in [0, 0.1) is 0 Å². The van der Waals surface area contributed by atoms with Crippen LogP contribution in [0.25, 0.3) is 10.6 Å². The zero-order valence-electron chi connectivity index (χ0n) is 11.7. The third kappa shape index (κ3) is 3.87. The number of hydrogen-bond donors (Lipinski definition) is 0. The summed E-state index contributed by atoms with van der Waals surface area (Å²) in [5, 5.41) is 0.815. The smallest absolute Gasteiger partial charge is 0.416 e. The first-order valence-corrected chi connectivity index (χ1v) is 7.46. The summed E-state index contributed by atoms with van der Waals surface area (Å²) in [5.74, 6) is 0.188. The number of ether oxygens (including phenoxy) is 1. The van der Waals surface area contributed by atoms with Crippen LogP contribution in [-0.2, 0) is 12.8 Å². The molecule has 7 heteroatoms. The van der Waals surface area contributed by atoms with Crippen molar-refractivity contribution in [1.29, 1.82) is 0 Å². The Kier molecular flexibility index (Phi) is 4.29.